The van der Waals surface area contributed by atoms with Crippen molar-refractivity contribution in [2.75, 3.05) is 4.90 Å². The molecule has 2 heterocycles. The third-order valence-corrected chi connectivity index (χ3v) is 9.84. The van der Waals surface area contributed by atoms with E-state index >= 15 is 0 Å². The zero-order valence-electron chi connectivity index (χ0n) is 28.8. The number of carbonyl (C=O) groups is 2. The second-order valence-electron chi connectivity index (χ2n) is 13.3. The third kappa shape index (κ3) is 6.32. The highest BCUT2D eigenvalue weighted by Gasteiger charge is 2.42. The second-order valence-corrected chi connectivity index (χ2v) is 13.3. The van der Waals surface area contributed by atoms with Gasteiger partial charge in [-0.1, -0.05) is 48.5 Å². The fourth-order valence-corrected chi connectivity index (χ4v) is 7.30. The standard InChI is InChI=1S/C42H20F12N2O2/c43-39(44,45)23-11-13-26(31(19-23)41(49,50)51)21-9-15-33-29(17-21)30-18-22(27-14-12-24(40(46,47)48)20-32(27)42(52,53)54)10-16-34(30)56(33)35-8-4-7-28-36(35)38(58)55(37(28)57)25-5-2-1-3-6-25/h1-20H. The number of benzene rings is 6. The third-order valence-electron chi connectivity index (χ3n) is 9.84. The first-order valence-electron chi connectivity index (χ1n) is 16.9. The van der Waals surface area contributed by atoms with Crippen LogP contribution in [0.5, 0.6) is 0 Å². The SMILES string of the molecule is O=C1c2cccc(-n3c4ccc(-c5ccc(C(F)(F)F)cc5C(F)(F)F)cc4c4cc(-c5ccc(C(F)(F)F)cc5C(F)(F)F)ccc43)c2C(=O)N1c1ccccc1. The van der Waals surface area contributed by atoms with Gasteiger partial charge in [0.2, 0.25) is 0 Å². The van der Waals surface area contributed by atoms with Gasteiger partial charge in [-0.3, -0.25) is 9.59 Å². The minimum Gasteiger partial charge on any atom is -0.308 e. The highest BCUT2D eigenvalue weighted by atomic mass is 19.4. The number of para-hydroxylation sites is 1. The lowest BCUT2D eigenvalue weighted by Crippen LogP contribution is -2.29. The molecule has 2 amide bonds. The highest BCUT2D eigenvalue weighted by Crippen LogP contribution is 2.46. The summed E-state index contributed by atoms with van der Waals surface area (Å²) in [5, 5.41) is 0.0780. The van der Waals surface area contributed by atoms with Gasteiger partial charge in [0.1, 0.15) is 0 Å². The average Bonchev–Trinajstić information content (AvgIpc) is 3.62. The van der Waals surface area contributed by atoms with Gasteiger partial charge >= 0.3 is 24.7 Å². The summed E-state index contributed by atoms with van der Waals surface area (Å²) in [5.74, 6) is -1.42. The molecule has 0 saturated heterocycles. The molecule has 6 aromatic carbocycles. The number of rotatable bonds is 4. The number of imide groups is 1. The van der Waals surface area contributed by atoms with Gasteiger partial charge in [0.05, 0.1) is 55.8 Å². The van der Waals surface area contributed by atoms with Gasteiger partial charge in [-0.15, -0.1) is 0 Å². The lowest BCUT2D eigenvalue weighted by Gasteiger charge is -2.16. The van der Waals surface area contributed by atoms with Crippen LogP contribution in [0.4, 0.5) is 58.4 Å². The van der Waals surface area contributed by atoms with Crippen LogP contribution in [0.1, 0.15) is 43.0 Å². The van der Waals surface area contributed by atoms with Crippen molar-refractivity contribution in [1.82, 2.24) is 4.57 Å². The van der Waals surface area contributed by atoms with Crippen molar-refractivity contribution in [3.8, 4) is 27.9 Å². The molecule has 8 rings (SSSR count). The number of carbonyl (C=O) groups excluding carboxylic acids is 2. The van der Waals surface area contributed by atoms with E-state index in [9.17, 15) is 62.3 Å². The first-order valence-corrected chi connectivity index (χ1v) is 16.9. The van der Waals surface area contributed by atoms with Crippen LogP contribution in [0.25, 0.3) is 49.7 Å². The van der Waals surface area contributed by atoms with Crippen molar-refractivity contribution < 1.29 is 62.3 Å². The lowest BCUT2D eigenvalue weighted by atomic mass is 9.94. The van der Waals surface area contributed by atoms with Crippen LogP contribution < -0.4 is 4.90 Å². The monoisotopic (exact) mass is 812 g/mol. The second kappa shape index (κ2) is 13.0. The van der Waals surface area contributed by atoms with Crippen LogP contribution >= 0.6 is 0 Å². The van der Waals surface area contributed by atoms with E-state index in [1.165, 1.54) is 71.3 Å². The zero-order valence-corrected chi connectivity index (χ0v) is 28.8. The first kappa shape index (κ1) is 38.3. The van der Waals surface area contributed by atoms with Gasteiger partial charge in [-0.05, 0) is 95.1 Å². The van der Waals surface area contributed by atoms with Crippen LogP contribution in [-0.2, 0) is 24.7 Å². The van der Waals surface area contributed by atoms with Crippen molar-refractivity contribution in [2.45, 2.75) is 24.7 Å². The quantitative estimate of drug-likeness (QED) is 0.131. The molecule has 1 aliphatic rings. The number of fused-ring (bicyclic) bond motifs is 4. The van der Waals surface area contributed by atoms with E-state index in [-0.39, 0.29) is 67.6 Å². The Balaban J connectivity index is 1.41. The summed E-state index contributed by atoms with van der Waals surface area (Å²) in [4.78, 5) is 28.6. The lowest BCUT2D eigenvalue weighted by molar-refractivity contribution is -0.144. The van der Waals surface area contributed by atoms with Crippen LogP contribution in [-0.4, -0.2) is 16.4 Å². The van der Waals surface area contributed by atoms with E-state index in [1.807, 2.05) is 0 Å². The van der Waals surface area contributed by atoms with Gasteiger partial charge in [-0.2, -0.15) is 52.7 Å². The number of halogens is 12. The molecule has 0 fully saturated rings. The van der Waals surface area contributed by atoms with Crippen molar-refractivity contribution in [3.05, 3.63) is 155 Å². The molecule has 294 valence electrons. The van der Waals surface area contributed by atoms with E-state index < -0.39 is 69.9 Å². The topological polar surface area (TPSA) is 42.3 Å². The highest BCUT2D eigenvalue weighted by molar-refractivity contribution is 6.35. The number of hydrogen-bond acceptors (Lipinski definition) is 2. The molecule has 58 heavy (non-hydrogen) atoms. The summed E-state index contributed by atoms with van der Waals surface area (Å²) in [5.41, 5.74) is -7.70. The number of anilines is 1. The molecule has 16 heteroatoms. The number of amides is 2. The molecule has 1 aromatic heterocycles. The van der Waals surface area contributed by atoms with Gasteiger partial charge in [-0.25, -0.2) is 4.90 Å². The summed E-state index contributed by atoms with van der Waals surface area (Å²) < 4.78 is 169. The summed E-state index contributed by atoms with van der Waals surface area (Å²) in [7, 11) is 0. The van der Waals surface area contributed by atoms with Crippen LogP contribution in [0.2, 0.25) is 0 Å². The molecule has 0 unspecified atom stereocenters. The Morgan fingerprint density at radius 1 is 0.414 bits per heavy atom. The van der Waals surface area contributed by atoms with Crippen molar-refractivity contribution in [3.63, 3.8) is 0 Å². The predicted molar refractivity (Wildman–Crippen MR) is 189 cm³/mol. The Kier molecular flexibility index (Phi) is 8.57. The molecule has 0 N–H and O–H groups in total. The minimum absolute atomic E-state index is 0.0197. The molecular weight excluding hydrogens is 792 g/mol. The molecule has 1 aliphatic heterocycles. The van der Waals surface area contributed by atoms with Crippen LogP contribution in [0.3, 0.4) is 0 Å². The average molecular weight is 813 g/mol. The Bertz CT molecular complexity index is 2700. The molecule has 0 atom stereocenters. The summed E-state index contributed by atoms with van der Waals surface area (Å²) in [6.45, 7) is 0. The van der Waals surface area contributed by atoms with Gasteiger partial charge in [0.25, 0.3) is 11.8 Å². The maximum atomic E-state index is 14.3. The van der Waals surface area contributed by atoms with E-state index in [1.54, 1.807) is 18.2 Å². The normalized spacial score (nSPS) is 13.9. The zero-order chi connectivity index (χ0) is 41.7. The van der Waals surface area contributed by atoms with Gasteiger partial charge in [0, 0.05) is 10.8 Å². The maximum Gasteiger partial charge on any atom is 0.417 e. The molecule has 7 aromatic rings. The van der Waals surface area contributed by atoms with Gasteiger partial charge in [0.15, 0.2) is 0 Å². The molecule has 0 spiro atoms. The Morgan fingerprint density at radius 2 is 0.897 bits per heavy atom. The largest absolute Gasteiger partial charge is 0.417 e. The molecule has 0 aliphatic carbocycles. The maximum absolute atomic E-state index is 14.3. The molecule has 4 nitrogen and oxygen atoms in total. The number of hydrogen-bond donors (Lipinski definition) is 0. The van der Waals surface area contributed by atoms with Crippen molar-refractivity contribution >= 4 is 39.3 Å². The smallest absolute Gasteiger partial charge is 0.308 e. The summed E-state index contributed by atoms with van der Waals surface area (Å²) >= 11 is 0. The van der Waals surface area contributed by atoms with Crippen LogP contribution in [0.15, 0.2) is 121 Å². The van der Waals surface area contributed by atoms with Crippen molar-refractivity contribution in [1.29, 1.82) is 0 Å². The Morgan fingerprint density at radius 3 is 1.34 bits per heavy atom. The van der Waals surface area contributed by atoms with E-state index in [0.717, 1.165) is 4.90 Å². The van der Waals surface area contributed by atoms with E-state index in [0.29, 0.717) is 24.3 Å². The number of nitrogens with zero attached hydrogens (tertiary/aromatic N) is 2. The molecule has 0 radical (unpaired) electrons. The summed E-state index contributed by atoms with van der Waals surface area (Å²) in [6.07, 6.45) is -20.8. The number of alkyl halides is 12. The minimum atomic E-state index is -5.27. The van der Waals surface area contributed by atoms with E-state index in [4.69, 9.17) is 0 Å². The van der Waals surface area contributed by atoms with Crippen molar-refractivity contribution in [2.24, 2.45) is 0 Å². The Labute approximate surface area is 318 Å². The molecular formula is C42H20F12N2O2. The van der Waals surface area contributed by atoms with Gasteiger partial charge < -0.3 is 4.57 Å². The van der Waals surface area contributed by atoms with E-state index in [2.05, 4.69) is 0 Å². The van der Waals surface area contributed by atoms with Crippen LogP contribution in [0, 0.1) is 0 Å². The number of aromatic nitrogens is 1. The molecule has 0 saturated carbocycles. The fourth-order valence-electron chi connectivity index (χ4n) is 7.30. The predicted octanol–water partition coefficient (Wildman–Crippen LogP) is 13.0. The molecule has 0 bridgehead atoms. The Hall–Kier alpha value is -6.58. The summed E-state index contributed by atoms with van der Waals surface area (Å²) in [6, 6.07) is 21.7. The fraction of sp³-hybridized carbons (Fsp3) is 0.0952. The first-order chi connectivity index (χ1) is 27.1.